The lowest BCUT2D eigenvalue weighted by Crippen LogP contribution is -2.03. The Bertz CT molecular complexity index is 1220. The van der Waals surface area contributed by atoms with Crippen molar-refractivity contribution in [2.24, 2.45) is 0 Å². The lowest BCUT2D eigenvalue weighted by molar-refractivity contribution is 0.298. The number of thiophene rings is 2. The highest BCUT2D eigenvalue weighted by Gasteiger charge is 2.23. The summed E-state index contributed by atoms with van der Waals surface area (Å²) >= 11 is 3.82. The third kappa shape index (κ3) is 12.7. The first-order valence-corrected chi connectivity index (χ1v) is 23.1. The quantitative estimate of drug-likeness (QED) is 0.0859. The first-order valence-electron chi connectivity index (χ1n) is 21.4. The molecule has 0 unspecified atom stereocenters. The highest BCUT2D eigenvalue weighted by atomic mass is 32.1. The molecule has 0 atom stereocenters. The van der Waals surface area contributed by atoms with E-state index in [4.69, 9.17) is 9.47 Å². The minimum atomic E-state index is 0.719. The Kier molecular flexibility index (Phi) is 18.1. The molecule has 2 heterocycles. The van der Waals surface area contributed by atoms with Crippen LogP contribution in [0.15, 0.2) is 35.0 Å². The summed E-state index contributed by atoms with van der Waals surface area (Å²) in [5.41, 5.74) is 5.55. The fourth-order valence-corrected chi connectivity index (χ4v) is 10.3. The van der Waals surface area contributed by atoms with E-state index in [0.717, 1.165) is 49.4 Å². The molecule has 0 amide bonds. The summed E-state index contributed by atoms with van der Waals surface area (Å²) in [6, 6.07) is 9.71. The molecule has 4 heteroatoms. The molecule has 2 aliphatic carbocycles. The Morgan fingerprint density at radius 2 is 0.820 bits per heavy atom. The van der Waals surface area contributed by atoms with E-state index in [-0.39, 0.29) is 0 Å². The summed E-state index contributed by atoms with van der Waals surface area (Å²) < 4.78 is 13.6. The van der Waals surface area contributed by atoms with Crippen LogP contribution in [0.5, 0.6) is 11.5 Å². The molecular weight excluding hydrogens is 649 g/mol. The number of rotatable bonds is 24. The van der Waals surface area contributed by atoms with Gasteiger partial charge in [0.05, 0.1) is 13.2 Å². The maximum atomic E-state index is 6.79. The maximum absolute atomic E-state index is 6.79. The molecule has 2 aromatic heterocycles. The second-order valence-corrected chi connectivity index (χ2v) is 17.5. The fourth-order valence-electron chi connectivity index (χ4n) is 8.30. The molecular formula is C46H70O2S2. The van der Waals surface area contributed by atoms with Gasteiger partial charge < -0.3 is 9.47 Å². The molecule has 5 rings (SSSR count). The monoisotopic (exact) mass is 718 g/mol. The summed E-state index contributed by atoms with van der Waals surface area (Å²) in [7, 11) is 0. The predicted molar refractivity (Wildman–Crippen MR) is 221 cm³/mol. The minimum Gasteiger partial charge on any atom is -0.493 e. The van der Waals surface area contributed by atoms with Gasteiger partial charge in [-0.3, -0.25) is 0 Å². The number of ether oxygens (including phenoxy) is 2. The number of unbranched alkanes of at least 4 members (excludes halogenated alkanes) is 14. The van der Waals surface area contributed by atoms with Gasteiger partial charge in [0.1, 0.15) is 11.5 Å². The Morgan fingerprint density at radius 3 is 1.20 bits per heavy atom. The summed E-state index contributed by atoms with van der Waals surface area (Å²) in [5, 5.41) is 4.89. The lowest BCUT2D eigenvalue weighted by Gasteiger charge is -2.20. The van der Waals surface area contributed by atoms with Gasteiger partial charge in [0, 0.05) is 20.9 Å². The van der Waals surface area contributed by atoms with Crippen molar-refractivity contribution >= 4 is 22.7 Å². The summed E-state index contributed by atoms with van der Waals surface area (Å²) in [5.74, 6) is 3.53. The Morgan fingerprint density at radius 1 is 0.460 bits per heavy atom. The highest BCUT2D eigenvalue weighted by Crippen LogP contribution is 2.47. The number of hydrogen-bond donors (Lipinski definition) is 0. The molecule has 0 N–H and O–H groups in total. The smallest absolute Gasteiger partial charge is 0.128 e. The zero-order valence-corrected chi connectivity index (χ0v) is 33.7. The van der Waals surface area contributed by atoms with Crippen LogP contribution < -0.4 is 9.47 Å². The molecule has 0 radical (unpaired) electrons. The predicted octanol–water partition coefficient (Wildman–Crippen LogP) is 16.3. The third-order valence-electron chi connectivity index (χ3n) is 11.5. The Labute approximate surface area is 315 Å². The molecule has 2 fully saturated rings. The van der Waals surface area contributed by atoms with Crippen LogP contribution in [-0.2, 0) is 0 Å². The van der Waals surface area contributed by atoms with Crippen LogP contribution in [-0.4, -0.2) is 13.2 Å². The second-order valence-electron chi connectivity index (χ2n) is 15.6. The van der Waals surface area contributed by atoms with Crippen molar-refractivity contribution < 1.29 is 9.47 Å². The van der Waals surface area contributed by atoms with E-state index < -0.39 is 0 Å². The number of hydrogen-bond acceptors (Lipinski definition) is 4. The van der Waals surface area contributed by atoms with E-state index in [0.29, 0.717) is 0 Å². The molecule has 3 aromatic rings. The van der Waals surface area contributed by atoms with Gasteiger partial charge in [0.2, 0.25) is 0 Å². The third-order valence-corrected chi connectivity index (χ3v) is 13.5. The summed E-state index contributed by atoms with van der Waals surface area (Å²) in [6.45, 7) is 6.18. The lowest BCUT2D eigenvalue weighted by atomic mass is 9.85. The summed E-state index contributed by atoms with van der Waals surface area (Å²) in [4.78, 5) is 2.68. The molecule has 50 heavy (non-hydrogen) atoms. The van der Waals surface area contributed by atoms with Crippen LogP contribution >= 0.6 is 22.7 Å². The Hall–Kier alpha value is -1.78. The first kappa shape index (κ1) is 39.4. The standard InChI is InChI=1S/C46H70O2S2/c1-3-5-7-9-11-13-15-23-29-47-43-33-42(46-32-40(36-50-46)38-27-21-18-22-28-38)44(48-30-24-16-14-12-10-8-6-4-2)34-41(43)45-31-39(35-49-45)37-25-19-17-20-26-37/h31-38H,3-30H2,1-2H3. The maximum Gasteiger partial charge on any atom is 0.128 e. The molecule has 0 spiro atoms. The van der Waals surface area contributed by atoms with Crippen molar-refractivity contribution in [3.63, 3.8) is 0 Å². The van der Waals surface area contributed by atoms with E-state index in [1.807, 2.05) is 22.7 Å². The second kappa shape index (κ2) is 23.0. The van der Waals surface area contributed by atoms with Gasteiger partial charge in [-0.2, -0.15) is 0 Å². The van der Waals surface area contributed by atoms with E-state index in [9.17, 15) is 0 Å². The van der Waals surface area contributed by atoms with E-state index in [1.54, 1.807) is 11.1 Å². The number of benzene rings is 1. The minimum absolute atomic E-state index is 0.719. The Balaban J connectivity index is 1.34. The van der Waals surface area contributed by atoms with Crippen LogP contribution in [0.1, 0.15) is 204 Å². The first-order chi connectivity index (χ1) is 24.8. The average molecular weight is 719 g/mol. The van der Waals surface area contributed by atoms with Crippen molar-refractivity contribution in [2.45, 2.75) is 193 Å². The molecule has 2 saturated carbocycles. The van der Waals surface area contributed by atoms with Crippen LogP contribution in [0.4, 0.5) is 0 Å². The molecule has 0 aliphatic heterocycles. The van der Waals surface area contributed by atoms with Crippen molar-refractivity contribution in [3.05, 3.63) is 46.2 Å². The molecule has 0 bridgehead atoms. The summed E-state index contributed by atoms with van der Waals surface area (Å²) in [6.07, 6.45) is 34.7. The van der Waals surface area contributed by atoms with Gasteiger partial charge in [0.25, 0.3) is 0 Å². The van der Waals surface area contributed by atoms with Crippen LogP contribution in [0.25, 0.3) is 20.9 Å². The van der Waals surface area contributed by atoms with Crippen molar-refractivity contribution in [1.82, 2.24) is 0 Å². The zero-order valence-electron chi connectivity index (χ0n) is 32.1. The van der Waals surface area contributed by atoms with Crippen LogP contribution in [0, 0.1) is 0 Å². The van der Waals surface area contributed by atoms with Crippen molar-refractivity contribution in [2.75, 3.05) is 13.2 Å². The largest absolute Gasteiger partial charge is 0.493 e. The van der Waals surface area contributed by atoms with Crippen molar-refractivity contribution in [1.29, 1.82) is 0 Å². The molecule has 0 saturated heterocycles. The van der Waals surface area contributed by atoms with Gasteiger partial charge in [-0.1, -0.05) is 142 Å². The molecule has 278 valence electrons. The van der Waals surface area contributed by atoms with Crippen LogP contribution in [0.2, 0.25) is 0 Å². The van der Waals surface area contributed by atoms with Gasteiger partial charge in [-0.15, -0.1) is 22.7 Å². The van der Waals surface area contributed by atoms with E-state index >= 15 is 0 Å². The van der Waals surface area contributed by atoms with E-state index in [1.165, 1.54) is 175 Å². The average Bonchev–Trinajstić information content (AvgIpc) is 3.86. The zero-order chi connectivity index (χ0) is 34.6. The normalized spacial score (nSPS) is 15.9. The van der Waals surface area contributed by atoms with Crippen molar-refractivity contribution in [3.8, 4) is 32.4 Å². The van der Waals surface area contributed by atoms with Gasteiger partial charge in [-0.25, -0.2) is 0 Å². The van der Waals surface area contributed by atoms with Crippen LogP contribution in [0.3, 0.4) is 0 Å². The van der Waals surface area contributed by atoms with Gasteiger partial charge >= 0.3 is 0 Å². The topological polar surface area (TPSA) is 18.5 Å². The molecule has 2 aliphatic rings. The molecule has 1 aromatic carbocycles. The fraction of sp³-hybridized carbons (Fsp3) is 0.696. The highest BCUT2D eigenvalue weighted by molar-refractivity contribution is 7.14. The van der Waals surface area contributed by atoms with E-state index in [2.05, 4.69) is 48.9 Å². The van der Waals surface area contributed by atoms with Gasteiger partial charge in [-0.05, 0) is 96.5 Å². The molecule has 2 nitrogen and oxygen atoms in total. The SMILES string of the molecule is CCCCCCCCCCOc1cc(-c2cc(C3CCCCC3)cs2)c(OCCCCCCCCCC)cc1-c1cc(C2CCCCC2)cs1. The van der Waals surface area contributed by atoms with Gasteiger partial charge in [0.15, 0.2) is 0 Å².